The van der Waals surface area contributed by atoms with Crippen molar-refractivity contribution in [3.8, 4) is 17.2 Å². The Labute approximate surface area is 113 Å². The molecule has 19 heavy (non-hydrogen) atoms. The first-order valence-corrected chi connectivity index (χ1v) is 6.05. The first kappa shape index (κ1) is 15.1. The van der Waals surface area contributed by atoms with Gasteiger partial charge >= 0.3 is 5.97 Å². The van der Waals surface area contributed by atoms with E-state index >= 15 is 0 Å². The predicted molar refractivity (Wildman–Crippen MR) is 71.2 cm³/mol. The third-order valence-electron chi connectivity index (χ3n) is 3.05. The van der Waals surface area contributed by atoms with Gasteiger partial charge in [0.05, 0.1) is 27.2 Å². The molecule has 106 valence electrons. The Bertz CT molecular complexity index is 442. The first-order chi connectivity index (χ1) is 9.03. The molecule has 0 aliphatic carbocycles. The molecule has 1 unspecified atom stereocenters. The zero-order valence-electron chi connectivity index (χ0n) is 11.7. The summed E-state index contributed by atoms with van der Waals surface area (Å²) in [7, 11) is 4.70. The van der Waals surface area contributed by atoms with Crippen molar-refractivity contribution in [3.05, 3.63) is 17.7 Å². The fourth-order valence-corrected chi connectivity index (χ4v) is 1.78. The maximum absolute atomic E-state index is 10.8. The number of hydrogen-bond donors (Lipinski definition) is 1. The summed E-state index contributed by atoms with van der Waals surface area (Å²) in [6.45, 7) is 1.69. The highest BCUT2D eigenvalue weighted by Gasteiger charge is 2.15. The fourth-order valence-electron chi connectivity index (χ4n) is 1.78. The minimum absolute atomic E-state index is 0.391. The first-order valence-electron chi connectivity index (χ1n) is 6.05. The fraction of sp³-hybridized carbons (Fsp3) is 0.500. The highest BCUT2D eigenvalue weighted by Crippen LogP contribution is 2.35. The van der Waals surface area contributed by atoms with Crippen LogP contribution in [0.15, 0.2) is 12.1 Å². The summed E-state index contributed by atoms with van der Waals surface area (Å²) >= 11 is 0. The summed E-state index contributed by atoms with van der Waals surface area (Å²) in [5, 5.41) is 8.89. The third kappa shape index (κ3) is 3.77. The number of carboxylic acids is 1. The van der Waals surface area contributed by atoms with E-state index in [1.54, 1.807) is 34.3 Å². The van der Waals surface area contributed by atoms with Crippen LogP contribution in [0.3, 0.4) is 0 Å². The largest absolute Gasteiger partial charge is 0.496 e. The number of rotatable bonds is 7. The molecule has 0 amide bonds. The lowest BCUT2D eigenvalue weighted by Gasteiger charge is -2.14. The van der Waals surface area contributed by atoms with Gasteiger partial charge in [0, 0.05) is 6.07 Å². The Morgan fingerprint density at radius 1 is 1.11 bits per heavy atom. The normalized spacial score (nSPS) is 11.8. The summed E-state index contributed by atoms with van der Waals surface area (Å²) in [4.78, 5) is 10.8. The molecule has 0 spiro atoms. The zero-order valence-corrected chi connectivity index (χ0v) is 11.7. The summed E-state index contributed by atoms with van der Waals surface area (Å²) < 4.78 is 15.7. The smallest absolute Gasteiger partial charge is 0.306 e. The monoisotopic (exact) mass is 268 g/mol. The molecule has 1 aromatic rings. The Kier molecular flexibility index (Phi) is 5.48. The van der Waals surface area contributed by atoms with Crippen LogP contribution in [0.25, 0.3) is 0 Å². The molecule has 5 nitrogen and oxygen atoms in total. The maximum atomic E-state index is 10.8. The van der Waals surface area contributed by atoms with Crippen LogP contribution in [-0.2, 0) is 11.2 Å². The molecule has 0 bridgehead atoms. The van der Waals surface area contributed by atoms with E-state index < -0.39 is 11.9 Å². The number of hydrogen-bond acceptors (Lipinski definition) is 4. The molecule has 0 aromatic heterocycles. The number of ether oxygens (including phenoxy) is 3. The molecule has 0 radical (unpaired) electrons. The van der Waals surface area contributed by atoms with E-state index in [2.05, 4.69) is 0 Å². The number of benzene rings is 1. The summed E-state index contributed by atoms with van der Waals surface area (Å²) in [5.41, 5.74) is 0.910. The van der Waals surface area contributed by atoms with Gasteiger partial charge in [-0.05, 0) is 24.5 Å². The Morgan fingerprint density at radius 3 is 2.11 bits per heavy atom. The highest BCUT2D eigenvalue weighted by molar-refractivity contribution is 5.69. The van der Waals surface area contributed by atoms with Gasteiger partial charge in [-0.1, -0.05) is 6.92 Å². The molecular weight excluding hydrogens is 248 g/mol. The minimum Gasteiger partial charge on any atom is -0.496 e. The van der Waals surface area contributed by atoms with Crippen LogP contribution in [0, 0.1) is 5.92 Å². The molecule has 1 rings (SSSR count). The van der Waals surface area contributed by atoms with E-state index in [0.29, 0.717) is 30.1 Å². The molecule has 1 aromatic carbocycles. The SMILES string of the molecule is COc1cc(OC)c(OC)cc1CCC(C)C(=O)O. The predicted octanol–water partition coefficient (Wildman–Crippen LogP) is 2.37. The van der Waals surface area contributed by atoms with Gasteiger partial charge in [-0.3, -0.25) is 4.79 Å². The van der Waals surface area contributed by atoms with Crippen molar-refractivity contribution in [1.29, 1.82) is 0 Å². The van der Waals surface area contributed by atoms with Gasteiger partial charge in [-0.25, -0.2) is 0 Å². The van der Waals surface area contributed by atoms with Crippen LogP contribution < -0.4 is 14.2 Å². The molecule has 0 heterocycles. The molecule has 1 N–H and O–H groups in total. The average Bonchev–Trinajstić information content (AvgIpc) is 2.43. The van der Waals surface area contributed by atoms with Crippen molar-refractivity contribution in [1.82, 2.24) is 0 Å². The summed E-state index contributed by atoms with van der Waals surface area (Å²) in [6.07, 6.45) is 1.15. The summed E-state index contributed by atoms with van der Waals surface area (Å²) in [5.74, 6) is 0.697. The molecular formula is C14H20O5. The Hall–Kier alpha value is -1.91. The van der Waals surface area contributed by atoms with Crippen LogP contribution in [0.4, 0.5) is 0 Å². The second kappa shape index (κ2) is 6.87. The van der Waals surface area contributed by atoms with E-state index in [9.17, 15) is 4.79 Å². The third-order valence-corrected chi connectivity index (χ3v) is 3.05. The van der Waals surface area contributed by atoms with Crippen molar-refractivity contribution in [3.63, 3.8) is 0 Å². The van der Waals surface area contributed by atoms with E-state index in [4.69, 9.17) is 19.3 Å². The quantitative estimate of drug-likeness (QED) is 0.822. The average molecular weight is 268 g/mol. The van der Waals surface area contributed by atoms with Crippen LogP contribution in [-0.4, -0.2) is 32.4 Å². The van der Waals surface area contributed by atoms with Gasteiger partial charge in [-0.2, -0.15) is 0 Å². The molecule has 0 fully saturated rings. The molecule has 0 aliphatic heterocycles. The minimum atomic E-state index is -0.792. The van der Waals surface area contributed by atoms with Crippen molar-refractivity contribution in [2.75, 3.05) is 21.3 Å². The second-order valence-electron chi connectivity index (χ2n) is 4.30. The van der Waals surface area contributed by atoms with Crippen LogP contribution >= 0.6 is 0 Å². The number of aliphatic carboxylic acids is 1. The van der Waals surface area contributed by atoms with Crippen molar-refractivity contribution in [2.45, 2.75) is 19.8 Å². The Balaban J connectivity index is 2.95. The Morgan fingerprint density at radius 2 is 1.63 bits per heavy atom. The molecule has 0 saturated heterocycles. The number of methoxy groups -OCH3 is 3. The lowest BCUT2D eigenvalue weighted by molar-refractivity contribution is -0.141. The lowest BCUT2D eigenvalue weighted by Crippen LogP contribution is -2.10. The van der Waals surface area contributed by atoms with Gasteiger partial charge < -0.3 is 19.3 Å². The number of carboxylic acid groups (broad SMARTS) is 1. The van der Waals surface area contributed by atoms with Gasteiger partial charge in [0.25, 0.3) is 0 Å². The van der Waals surface area contributed by atoms with E-state index in [1.807, 2.05) is 6.07 Å². The zero-order chi connectivity index (χ0) is 14.4. The second-order valence-corrected chi connectivity index (χ2v) is 4.30. The number of aryl methyl sites for hydroxylation is 1. The van der Waals surface area contributed by atoms with Crippen molar-refractivity contribution < 1.29 is 24.1 Å². The van der Waals surface area contributed by atoms with Crippen LogP contribution in [0.2, 0.25) is 0 Å². The van der Waals surface area contributed by atoms with Crippen LogP contribution in [0.1, 0.15) is 18.9 Å². The van der Waals surface area contributed by atoms with Gasteiger partial charge in [-0.15, -0.1) is 0 Å². The van der Waals surface area contributed by atoms with Gasteiger partial charge in [0.2, 0.25) is 0 Å². The van der Waals surface area contributed by atoms with Crippen LogP contribution in [0.5, 0.6) is 17.2 Å². The van der Waals surface area contributed by atoms with E-state index in [-0.39, 0.29) is 0 Å². The lowest BCUT2D eigenvalue weighted by atomic mass is 10.00. The molecule has 5 heteroatoms. The standard InChI is InChI=1S/C14H20O5/c1-9(14(15)16)5-6-10-7-12(18-3)13(19-4)8-11(10)17-2/h7-9H,5-6H2,1-4H3,(H,15,16). The maximum Gasteiger partial charge on any atom is 0.306 e. The van der Waals surface area contributed by atoms with Gasteiger partial charge in [0.1, 0.15) is 5.75 Å². The van der Waals surface area contributed by atoms with Crippen molar-refractivity contribution >= 4 is 5.97 Å². The summed E-state index contributed by atoms with van der Waals surface area (Å²) in [6, 6.07) is 3.58. The van der Waals surface area contributed by atoms with E-state index in [0.717, 1.165) is 5.56 Å². The molecule has 1 atom stereocenters. The molecule has 0 saturated carbocycles. The molecule has 0 aliphatic rings. The van der Waals surface area contributed by atoms with Gasteiger partial charge in [0.15, 0.2) is 11.5 Å². The topological polar surface area (TPSA) is 65.0 Å². The number of carbonyl (C=O) groups is 1. The van der Waals surface area contributed by atoms with E-state index in [1.165, 1.54) is 0 Å². The highest BCUT2D eigenvalue weighted by atomic mass is 16.5. The van der Waals surface area contributed by atoms with Crippen molar-refractivity contribution in [2.24, 2.45) is 5.92 Å².